The van der Waals surface area contributed by atoms with Crippen molar-refractivity contribution in [2.45, 2.75) is 49.9 Å². The van der Waals surface area contributed by atoms with Gasteiger partial charge in [0.25, 0.3) is 0 Å². The number of nitriles is 1. The van der Waals surface area contributed by atoms with Gasteiger partial charge in [0.2, 0.25) is 0 Å². The van der Waals surface area contributed by atoms with E-state index in [0.717, 1.165) is 11.0 Å². The number of thioether (sulfide) groups is 1. The lowest BCUT2D eigenvalue weighted by molar-refractivity contribution is 0.352. The zero-order chi connectivity index (χ0) is 15.1. The Balaban J connectivity index is 1.87. The summed E-state index contributed by atoms with van der Waals surface area (Å²) in [5.41, 5.74) is 1.27. The van der Waals surface area contributed by atoms with E-state index in [1.807, 2.05) is 30.0 Å². The van der Waals surface area contributed by atoms with Gasteiger partial charge in [0.05, 0.1) is 0 Å². The van der Waals surface area contributed by atoms with Crippen molar-refractivity contribution in [3.8, 4) is 11.8 Å². The molecule has 1 fully saturated rings. The summed E-state index contributed by atoms with van der Waals surface area (Å²) < 4.78 is 5.28. The third-order valence-electron chi connectivity index (χ3n) is 4.13. The van der Waals surface area contributed by atoms with E-state index < -0.39 is 0 Å². The van der Waals surface area contributed by atoms with Crippen molar-refractivity contribution < 1.29 is 4.74 Å². The number of hydrogen-bond acceptors (Lipinski definition) is 4. The Bertz CT molecular complexity index is 469. The van der Waals surface area contributed by atoms with Gasteiger partial charge in [-0.05, 0) is 50.1 Å². The Morgan fingerprint density at radius 3 is 2.81 bits per heavy atom. The summed E-state index contributed by atoms with van der Waals surface area (Å²) >= 11 is 2.00. The van der Waals surface area contributed by atoms with Gasteiger partial charge < -0.3 is 10.1 Å². The molecule has 1 N–H and O–H groups in total. The van der Waals surface area contributed by atoms with Crippen molar-refractivity contribution in [1.29, 1.82) is 5.26 Å². The predicted molar refractivity (Wildman–Crippen MR) is 88.7 cm³/mol. The minimum Gasteiger partial charge on any atom is -0.479 e. The highest BCUT2D eigenvalue weighted by molar-refractivity contribution is 7.99. The lowest BCUT2D eigenvalue weighted by Gasteiger charge is -2.31. The highest BCUT2D eigenvalue weighted by Gasteiger charge is 2.22. The average Bonchev–Trinajstić information content (AvgIpc) is 2.53. The molecule has 1 aromatic carbocycles. The van der Waals surface area contributed by atoms with Crippen LogP contribution in [0.2, 0.25) is 0 Å². The maximum Gasteiger partial charge on any atom is 0.174 e. The van der Waals surface area contributed by atoms with Crippen LogP contribution < -0.4 is 10.1 Å². The molecule has 2 rings (SSSR count). The normalized spacial score (nSPS) is 23.3. The molecule has 0 saturated heterocycles. The van der Waals surface area contributed by atoms with Gasteiger partial charge in [0, 0.05) is 17.3 Å². The first-order valence-corrected chi connectivity index (χ1v) is 8.90. The minimum absolute atomic E-state index is 0.102. The molecular formula is C17H24N2OS. The topological polar surface area (TPSA) is 45.0 Å². The van der Waals surface area contributed by atoms with Crippen LogP contribution in [0, 0.1) is 11.3 Å². The Morgan fingerprint density at radius 2 is 2.14 bits per heavy atom. The maximum atomic E-state index is 8.51. The molecule has 1 aliphatic carbocycles. The van der Waals surface area contributed by atoms with E-state index in [1.165, 1.54) is 31.2 Å². The number of ether oxygens (including phenoxy) is 1. The van der Waals surface area contributed by atoms with Crippen LogP contribution in [-0.2, 0) is 0 Å². The van der Waals surface area contributed by atoms with E-state index in [4.69, 9.17) is 10.00 Å². The van der Waals surface area contributed by atoms with Crippen molar-refractivity contribution in [3.63, 3.8) is 0 Å². The van der Waals surface area contributed by atoms with Crippen molar-refractivity contribution in [2.75, 3.05) is 12.9 Å². The molecule has 3 atom stereocenters. The molecule has 1 aliphatic rings. The fourth-order valence-corrected chi connectivity index (χ4v) is 3.76. The first-order chi connectivity index (χ1) is 10.2. The molecule has 0 aliphatic heterocycles. The lowest BCUT2D eigenvalue weighted by Crippen LogP contribution is -2.36. The van der Waals surface area contributed by atoms with Gasteiger partial charge >= 0.3 is 0 Å². The first kappa shape index (κ1) is 16.2. The first-order valence-electron chi connectivity index (χ1n) is 7.61. The van der Waals surface area contributed by atoms with Crippen LogP contribution in [0.15, 0.2) is 24.3 Å². The van der Waals surface area contributed by atoms with E-state index in [0.29, 0.717) is 12.1 Å². The monoisotopic (exact) mass is 304 g/mol. The molecular weight excluding hydrogens is 280 g/mol. The van der Waals surface area contributed by atoms with E-state index >= 15 is 0 Å². The smallest absolute Gasteiger partial charge is 0.174 e. The number of hydrogen-bond donors (Lipinski definition) is 1. The summed E-state index contributed by atoms with van der Waals surface area (Å²) in [7, 11) is 0. The zero-order valence-corrected chi connectivity index (χ0v) is 13.7. The molecule has 3 unspecified atom stereocenters. The van der Waals surface area contributed by atoms with Gasteiger partial charge in [-0.15, -0.1) is 0 Å². The van der Waals surface area contributed by atoms with Crippen LogP contribution in [0.1, 0.15) is 44.2 Å². The van der Waals surface area contributed by atoms with E-state index in [-0.39, 0.29) is 6.61 Å². The lowest BCUT2D eigenvalue weighted by atomic mass is 9.93. The Hall–Kier alpha value is -1.18. The number of nitrogens with zero attached hydrogens (tertiary/aromatic N) is 1. The van der Waals surface area contributed by atoms with Gasteiger partial charge in [-0.1, -0.05) is 18.6 Å². The second kappa shape index (κ2) is 8.31. The molecule has 1 aromatic rings. The van der Waals surface area contributed by atoms with Crippen LogP contribution in [0.3, 0.4) is 0 Å². The summed E-state index contributed by atoms with van der Waals surface area (Å²) in [6.07, 6.45) is 7.46. The van der Waals surface area contributed by atoms with Crippen LogP contribution in [0.4, 0.5) is 0 Å². The van der Waals surface area contributed by atoms with Crippen molar-refractivity contribution in [3.05, 3.63) is 29.8 Å². The molecule has 0 heterocycles. The highest BCUT2D eigenvalue weighted by atomic mass is 32.2. The molecule has 0 amide bonds. The highest BCUT2D eigenvalue weighted by Crippen LogP contribution is 2.28. The fraction of sp³-hybridized carbons (Fsp3) is 0.588. The summed E-state index contributed by atoms with van der Waals surface area (Å²) in [6.45, 7) is 2.32. The van der Waals surface area contributed by atoms with E-state index in [1.54, 1.807) is 0 Å². The van der Waals surface area contributed by atoms with Gasteiger partial charge in [-0.2, -0.15) is 17.0 Å². The largest absolute Gasteiger partial charge is 0.479 e. The number of benzene rings is 1. The molecule has 0 spiro atoms. The fourth-order valence-electron chi connectivity index (χ4n) is 2.93. The number of rotatable bonds is 6. The Kier molecular flexibility index (Phi) is 6.41. The predicted octanol–water partition coefficient (Wildman–Crippen LogP) is 3.91. The summed E-state index contributed by atoms with van der Waals surface area (Å²) in [5.74, 6) is 0.757. The van der Waals surface area contributed by atoms with Crippen LogP contribution in [-0.4, -0.2) is 24.2 Å². The molecule has 0 radical (unpaired) electrons. The van der Waals surface area contributed by atoms with Crippen molar-refractivity contribution in [1.82, 2.24) is 5.32 Å². The third kappa shape index (κ3) is 4.94. The molecule has 4 heteroatoms. The summed E-state index contributed by atoms with van der Waals surface area (Å²) in [5, 5.41) is 13.1. The third-order valence-corrected chi connectivity index (χ3v) is 5.22. The molecule has 21 heavy (non-hydrogen) atoms. The molecule has 1 saturated carbocycles. The Morgan fingerprint density at radius 1 is 1.38 bits per heavy atom. The zero-order valence-electron chi connectivity index (χ0n) is 12.8. The van der Waals surface area contributed by atoms with Crippen LogP contribution in [0.5, 0.6) is 5.75 Å². The Labute approximate surface area is 132 Å². The molecule has 114 valence electrons. The quantitative estimate of drug-likeness (QED) is 0.865. The molecule has 3 nitrogen and oxygen atoms in total. The van der Waals surface area contributed by atoms with Crippen molar-refractivity contribution >= 4 is 11.8 Å². The SMILES string of the molecule is CSC1CCCC(NC(C)c2ccc(OCC#N)cc2)C1. The summed E-state index contributed by atoms with van der Waals surface area (Å²) in [4.78, 5) is 0. The van der Waals surface area contributed by atoms with Crippen LogP contribution in [0.25, 0.3) is 0 Å². The van der Waals surface area contributed by atoms with Gasteiger partial charge in [0.15, 0.2) is 6.61 Å². The molecule has 0 bridgehead atoms. The second-order valence-corrected chi connectivity index (χ2v) is 6.76. The molecule has 0 aromatic heterocycles. The van der Waals surface area contributed by atoms with E-state index in [2.05, 4.69) is 30.6 Å². The van der Waals surface area contributed by atoms with E-state index in [9.17, 15) is 0 Å². The summed E-state index contributed by atoms with van der Waals surface area (Å²) in [6, 6.07) is 11.0. The standard InChI is InChI=1S/C17H24N2OS/c1-13(19-15-4-3-5-17(12-15)21-2)14-6-8-16(9-7-14)20-11-10-18/h6-9,13,15,17,19H,3-5,11-12H2,1-2H3. The number of nitrogens with one attached hydrogen (secondary N) is 1. The average molecular weight is 304 g/mol. The minimum atomic E-state index is 0.102. The maximum absolute atomic E-state index is 8.51. The van der Waals surface area contributed by atoms with Gasteiger partial charge in [-0.3, -0.25) is 0 Å². The second-order valence-electron chi connectivity index (χ2n) is 5.63. The van der Waals surface area contributed by atoms with Gasteiger partial charge in [0.1, 0.15) is 11.8 Å². The van der Waals surface area contributed by atoms with Gasteiger partial charge in [-0.25, -0.2) is 0 Å². The van der Waals surface area contributed by atoms with Crippen molar-refractivity contribution in [2.24, 2.45) is 0 Å². The van der Waals surface area contributed by atoms with Crippen LogP contribution >= 0.6 is 11.8 Å².